The van der Waals surface area contributed by atoms with Crippen molar-refractivity contribution in [1.82, 2.24) is 4.90 Å². The Bertz CT molecular complexity index is 944. The molecule has 1 aromatic carbocycles. The Kier molecular flexibility index (Phi) is 8.92. The topological polar surface area (TPSA) is 109 Å². The second-order valence-electron chi connectivity index (χ2n) is 8.39. The van der Waals surface area contributed by atoms with E-state index in [4.69, 9.17) is 9.57 Å². The summed E-state index contributed by atoms with van der Waals surface area (Å²) < 4.78 is 5.36. The Morgan fingerprint density at radius 3 is 2.76 bits per heavy atom. The van der Waals surface area contributed by atoms with Crippen molar-refractivity contribution in [3.63, 3.8) is 0 Å². The van der Waals surface area contributed by atoms with Gasteiger partial charge in [0.1, 0.15) is 17.1 Å². The van der Waals surface area contributed by atoms with Crippen LogP contribution in [-0.4, -0.2) is 59.0 Å². The number of hydrogen-bond donors (Lipinski definition) is 2. The molecule has 0 aliphatic carbocycles. The van der Waals surface area contributed by atoms with Crippen LogP contribution < -0.4 is 0 Å². The highest BCUT2D eigenvalue weighted by Crippen LogP contribution is 2.29. The molecule has 1 amide bonds. The number of carbonyl (C=O) groups is 2. The number of amides is 1. The van der Waals surface area contributed by atoms with Gasteiger partial charge in [-0.3, -0.25) is 4.79 Å². The highest BCUT2D eigenvalue weighted by molar-refractivity contribution is 6.00. The molecular weight excluding hydrogens is 424 g/mol. The second-order valence-corrected chi connectivity index (χ2v) is 8.39. The minimum Gasteiger partial charge on any atom is -0.508 e. The number of carbonyl (C=O) groups excluding carboxylic acids is 2. The number of oxime groups is 1. The van der Waals surface area contributed by atoms with E-state index in [0.29, 0.717) is 17.7 Å². The number of ether oxygens (including phenoxy) is 1. The van der Waals surface area contributed by atoms with Crippen LogP contribution in [0.4, 0.5) is 0 Å². The van der Waals surface area contributed by atoms with E-state index in [0.717, 1.165) is 56.8 Å². The number of hydrogen-bond acceptors (Lipinski definition) is 7. The summed E-state index contributed by atoms with van der Waals surface area (Å²) in [6, 6.07) is 2.50. The van der Waals surface area contributed by atoms with Crippen LogP contribution in [0.25, 0.3) is 0 Å². The minimum absolute atomic E-state index is 0.0167. The Labute approximate surface area is 194 Å². The quantitative estimate of drug-likeness (QED) is 0.406. The zero-order chi connectivity index (χ0) is 23.6. The number of esters is 1. The molecule has 0 unspecified atom stereocenters. The molecule has 2 aliphatic heterocycles. The number of nitrogens with zero attached hydrogens (tertiary/aromatic N) is 2. The van der Waals surface area contributed by atoms with Crippen molar-refractivity contribution in [3.05, 3.63) is 47.1 Å². The van der Waals surface area contributed by atoms with E-state index in [9.17, 15) is 19.8 Å². The summed E-state index contributed by atoms with van der Waals surface area (Å²) in [4.78, 5) is 32.2. The fraction of sp³-hybridized carbons (Fsp3) is 0.480. The highest BCUT2D eigenvalue weighted by atomic mass is 16.6. The molecule has 0 radical (unpaired) electrons. The summed E-state index contributed by atoms with van der Waals surface area (Å²) in [5, 5.41) is 24.5. The fourth-order valence-corrected chi connectivity index (χ4v) is 3.89. The van der Waals surface area contributed by atoms with E-state index in [-0.39, 0.29) is 42.6 Å². The molecule has 0 atom stereocenters. The van der Waals surface area contributed by atoms with Gasteiger partial charge in [0.25, 0.3) is 5.91 Å². The standard InChI is InChI=1S/C25H32N2O6/c1-18-8-4-2-5-9-20(26-33-17-23(30)27-11-6-3-7-12-27)14-19-15-21(28)16-22(29)24(19)25(31)32-13-10-18/h5,8-9,15-16,28-29H,2-4,6-7,10-14,17H2,1H3/b9-5+,18-8+,26-20+. The number of phenolic OH excluding ortho intramolecular Hbond substituents is 2. The van der Waals surface area contributed by atoms with Gasteiger partial charge in [0.15, 0.2) is 6.61 Å². The van der Waals surface area contributed by atoms with Crippen molar-refractivity contribution in [2.24, 2.45) is 5.16 Å². The molecule has 0 spiro atoms. The fourth-order valence-electron chi connectivity index (χ4n) is 3.89. The number of cyclic esters (lactones) is 1. The number of benzene rings is 1. The first-order valence-electron chi connectivity index (χ1n) is 11.4. The Hall–Kier alpha value is -3.29. The van der Waals surface area contributed by atoms with Gasteiger partial charge in [0.05, 0.1) is 12.3 Å². The molecule has 1 saturated heterocycles. The van der Waals surface area contributed by atoms with E-state index < -0.39 is 5.97 Å². The monoisotopic (exact) mass is 456 g/mol. The lowest BCUT2D eigenvalue weighted by molar-refractivity contribution is -0.137. The van der Waals surface area contributed by atoms with E-state index in [2.05, 4.69) is 11.2 Å². The first-order chi connectivity index (χ1) is 15.9. The van der Waals surface area contributed by atoms with Crippen molar-refractivity contribution >= 4 is 17.6 Å². The van der Waals surface area contributed by atoms with E-state index in [1.165, 1.54) is 6.07 Å². The number of phenols is 2. The summed E-state index contributed by atoms with van der Waals surface area (Å²) in [5.41, 5.74) is 1.91. The van der Waals surface area contributed by atoms with Gasteiger partial charge in [-0.15, -0.1) is 0 Å². The SMILES string of the molecule is C/C1=C\CC/C=C/C(=N\OCC(=O)N2CCCCC2)Cc2cc(O)cc(O)c2C(=O)OCC1. The first kappa shape index (κ1) is 24.4. The van der Waals surface area contributed by atoms with Crippen LogP contribution in [0.1, 0.15) is 61.4 Å². The van der Waals surface area contributed by atoms with Crippen molar-refractivity contribution in [2.75, 3.05) is 26.3 Å². The summed E-state index contributed by atoms with van der Waals surface area (Å²) in [5.74, 6) is -1.32. The highest BCUT2D eigenvalue weighted by Gasteiger charge is 2.21. The van der Waals surface area contributed by atoms with Gasteiger partial charge in [0.2, 0.25) is 0 Å². The van der Waals surface area contributed by atoms with Crippen LogP contribution in [0.15, 0.2) is 41.1 Å². The number of allylic oxidation sites excluding steroid dienone is 3. The Morgan fingerprint density at radius 1 is 1.18 bits per heavy atom. The molecule has 2 aliphatic rings. The third-order valence-corrected chi connectivity index (χ3v) is 5.70. The smallest absolute Gasteiger partial charge is 0.342 e. The Morgan fingerprint density at radius 2 is 1.97 bits per heavy atom. The summed E-state index contributed by atoms with van der Waals surface area (Å²) in [6.45, 7) is 3.48. The average Bonchev–Trinajstić information content (AvgIpc) is 2.78. The number of rotatable bonds is 3. The van der Waals surface area contributed by atoms with Crippen LogP contribution in [0.2, 0.25) is 0 Å². The molecule has 8 nitrogen and oxygen atoms in total. The van der Waals surface area contributed by atoms with Gasteiger partial charge < -0.3 is 24.7 Å². The molecule has 0 bridgehead atoms. The molecule has 3 rings (SSSR count). The number of aromatic hydroxyl groups is 2. The summed E-state index contributed by atoms with van der Waals surface area (Å²) in [6.07, 6.45) is 11.3. The largest absolute Gasteiger partial charge is 0.508 e. The van der Waals surface area contributed by atoms with E-state index in [1.54, 1.807) is 11.0 Å². The van der Waals surface area contributed by atoms with Crippen molar-refractivity contribution in [1.29, 1.82) is 0 Å². The molecule has 178 valence electrons. The van der Waals surface area contributed by atoms with E-state index >= 15 is 0 Å². The second kappa shape index (κ2) is 12.1. The normalized spacial score (nSPS) is 21.8. The number of likely N-dealkylation sites (tertiary alicyclic amines) is 1. The van der Waals surface area contributed by atoms with Crippen LogP contribution in [0, 0.1) is 0 Å². The van der Waals surface area contributed by atoms with Crippen LogP contribution in [-0.2, 0) is 20.8 Å². The van der Waals surface area contributed by atoms with Crippen molar-refractivity contribution in [3.8, 4) is 11.5 Å². The maximum absolute atomic E-state index is 12.7. The molecule has 8 heteroatoms. The third-order valence-electron chi connectivity index (χ3n) is 5.70. The molecule has 0 aromatic heterocycles. The van der Waals surface area contributed by atoms with Gasteiger partial charge in [-0.2, -0.15) is 0 Å². The number of piperidine rings is 1. The van der Waals surface area contributed by atoms with E-state index in [1.807, 2.05) is 13.0 Å². The van der Waals surface area contributed by atoms with Crippen molar-refractivity contribution < 1.29 is 29.4 Å². The minimum atomic E-state index is -0.670. The Balaban J connectivity index is 1.82. The molecule has 33 heavy (non-hydrogen) atoms. The molecular formula is C25H32N2O6. The summed E-state index contributed by atoms with van der Waals surface area (Å²) >= 11 is 0. The lowest BCUT2D eigenvalue weighted by atomic mass is 9.99. The summed E-state index contributed by atoms with van der Waals surface area (Å²) in [7, 11) is 0. The van der Waals surface area contributed by atoms with Crippen molar-refractivity contribution in [2.45, 2.75) is 51.9 Å². The third kappa shape index (κ3) is 7.37. The van der Waals surface area contributed by atoms with Crippen LogP contribution in [0.5, 0.6) is 11.5 Å². The zero-order valence-electron chi connectivity index (χ0n) is 19.1. The van der Waals surface area contributed by atoms with Gasteiger partial charge in [-0.05, 0) is 56.7 Å². The molecule has 2 heterocycles. The molecule has 1 fully saturated rings. The van der Waals surface area contributed by atoms with Gasteiger partial charge in [-0.1, -0.05) is 22.9 Å². The molecule has 0 saturated carbocycles. The lowest BCUT2D eigenvalue weighted by Gasteiger charge is -2.26. The predicted octanol–water partition coefficient (Wildman–Crippen LogP) is 3.87. The first-order valence-corrected chi connectivity index (χ1v) is 11.4. The van der Waals surface area contributed by atoms with Crippen LogP contribution in [0.3, 0.4) is 0 Å². The maximum atomic E-state index is 12.7. The maximum Gasteiger partial charge on any atom is 0.342 e. The van der Waals surface area contributed by atoms with Gasteiger partial charge in [-0.25, -0.2) is 4.79 Å². The van der Waals surface area contributed by atoms with Gasteiger partial charge >= 0.3 is 5.97 Å². The predicted molar refractivity (Wildman–Crippen MR) is 124 cm³/mol. The van der Waals surface area contributed by atoms with Crippen LogP contribution >= 0.6 is 0 Å². The number of fused-ring (bicyclic) bond motifs is 1. The molecule has 2 N–H and O–H groups in total. The average molecular weight is 457 g/mol. The van der Waals surface area contributed by atoms with Gasteiger partial charge in [0, 0.05) is 32.0 Å². The lowest BCUT2D eigenvalue weighted by Crippen LogP contribution is -2.37. The zero-order valence-corrected chi connectivity index (χ0v) is 19.1. The molecule has 1 aromatic rings.